The van der Waals surface area contributed by atoms with Gasteiger partial charge in [-0.3, -0.25) is 4.90 Å². The summed E-state index contributed by atoms with van der Waals surface area (Å²) in [5.41, 5.74) is 2.39. The number of hydrogen-bond donors (Lipinski definition) is 2. The third-order valence-corrected chi connectivity index (χ3v) is 4.98. The molecule has 29 heavy (non-hydrogen) atoms. The van der Waals surface area contributed by atoms with E-state index in [1.165, 1.54) is 17.5 Å². The van der Waals surface area contributed by atoms with Crippen LogP contribution in [0, 0.1) is 5.92 Å². The van der Waals surface area contributed by atoms with Gasteiger partial charge in [-0.25, -0.2) is 4.99 Å². The van der Waals surface area contributed by atoms with Gasteiger partial charge in [0.05, 0.1) is 26.4 Å². The summed E-state index contributed by atoms with van der Waals surface area (Å²) in [6, 6.07) is 8.82. The summed E-state index contributed by atoms with van der Waals surface area (Å²) in [6.07, 6.45) is 1.17. The molecule has 1 aliphatic heterocycles. The second kappa shape index (κ2) is 15.0. The predicted molar refractivity (Wildman–Crippen MR) is 131 cm³/mol. The van der Waals surface area contributed by atoms with E-state index in [1.54, 1.807) is 7.11 Å². The minimum atomic E-state index is 0. The second-order valence-electron chi connectivity index (χ2n) is 7.71. The van der Waals surface area contributed by atoms with E-state index in [0.29, 0.717) is 25.1 Å². The smallest absolute Gasteiger partial charge is 0.191 e. The van der Waals surface area contributed by atoms with Crippen LogP contribution < -0.4 is 10.6 Å². The highest BCUT2D eigenvalue weighted by molar-refractivity contribution is 14.0. The molecule has 1 fully saturated rings. The molecule has 1 unspecified atom stereocenters. The molecule has 1 heterocycles. The highest BCUT2D eigenvalue weighted by atomic mass is 127. The van der Waals surface area contributed by atoms with Gasteiger partial charge in [0.1, 0.15) is 0 Å². The number of benzene rings is 1. The zero-order valence-corrected chi connectivity index (χ0v) is 20.8. The van der Waals surface area contributed by atoms with Crippen molar-refractivity contribution in [2.24, 2.45) is 10.9 Å². The minimum Gasteiger partial charge on any atom is -0.380 e. The van der Waals surface area contributed by atoms with Crippen LogP contribution in [0.25, 0.3) is 0 Å². The fourth-order valence-corrected chi connectivity index (χ4v) is 3.58. The first-order valence-corrected chi connectivity index (χ1v) is 10.5. The lowest BCUT2D eigenvalue weighted by atomic mass is 10.0. The number of aliphatic imine (C=N–C) groups is 1. The van der Waals surface area contributed by atoms with E-state index in [-0.39, 0.29) is 24.0 Å². The number of nitrogens with one attached hydrogen (secondary N) is 2. The van der Waals surface area contributed by atoms with E-state index in [4.69, 9.17) is 14.5 Å². The lowest BCUT2D eigenvalue weighted by molar-refractivity contribution is 0.0132. The van der Waals surface area contributed by atoms with Gasteiger partial charge < -0.3 is 20.1 Å². The van der Waals surface area contributed by atoms with Gasteiger partial charge in [-0.2, -0.15) is 0 Å². The Labute approximate surface area is 193 Å². The van der Waals surface area contributed by atoms with Crippen molar-refractivity contribution in [1.82, 2.24) is 15.5 Å². The zero-order valence-electron chi connectivity index (χ0n) is 18.4. The molecule has 1 aromatic carbocycles. The van der Waals surface area contributed by atoms with Gasteiger partial charge >= 0.3 is 0 Å². The van der Waals surface area contributed by atoms with Gasteiger partial charge in [-0.05, 0) is 30.4 Å². The molecule has 1 saturated heterocycles. The Bertz CT molecular complexity index is 592. The van der Waals surface area contributed by atoms with E-state index >= 15 is 0 Å². The largest absolute Gasteiger partial charge is 0.380 e. The van der Waals surface area contributed by atoms with Crippen LogP contribution in [0.1, 0.15) is 38.3 Å². The molecular formula is C22H39IN4O2. The number of ether oxygens (including phenoxy) is 2. The van der Waals surface area contributed by atoms with Crippen LogP contribution >= 0.6 is 24.0 Å². The second-order valence-corrected chi connectivity index (χ2v) is 7.71. The molecule has 2 rings (SSSR count). The van der Waals surface area contributed by atoms with Crippen LogP contribution in [0.3, 0.4) is 0 Å². The maximum atomic E-state index is 5.53. The van der Waals surface area contributed by atoms with Crippen LogP contribution in [0.4, 0.5) is 0 Å². The van der Waals surface area contributed by atoms with Gasteiger partial charge in [0.2, 0.25) is 0 Å². The molecule has 0 saturated carbocycles. The molecular weight excluding hydrogens is 479 g/mol. The topological polar surface area (TPSA) is 58.1 Å². The number of methoxy groups -OCH3 is 1. The summed E-state index contributed by atoms with van der Waals surface area (Å²) >= 11 is 0. The van der Waals surface area contributed by atoms with Crippen molar-refractivity contribution in [3.8, 4) is 0 Å². The van der Waals surface area contributed by atoms with Crippen LogP contribution in [-0.2, 0) is 22.6 Å². The normalized spacial score (nSPS) is 16.4. The molecule has 1 atom stereocenters. The van der Waals surface area contributed by atoms with Crippen molar-refractivity contribution in [2.45, 2.75) is 46.4 Å². The summed E-state index contributed by atoms with van der Waals surface area (Å²) < 4.78 is 10.8. The Hall–Kier alpha value is -0.900. The summed E-state index contributed by atoms with van der Waals surface area (Å²) in [7, 11) is 1.73. The number of nitrogens with zero attached hydrogens (tertiary/aromatic N) is 2. The van der Waals surface area contributed by atoms with Crippen molar-refractivity contribution in [3.63, 3.8) is 0 Å². The average molecular weight is 518 g/mol. The fourth-order valence-electron chi connectivity index (χ4n) is 3.58. The summed E-state index contributed by atoms with van der Waals surface area (Å²) in [5.74, 6) is 1.53. The SMILES string of the molecule is CCNC(=NCc1ccccc1COC)NCC(CC(C)C)N1CCOCC1.I. The maximum Gasteiger partial charge on any atom is 0.191 e. The van der Waals surface area contributed by atoms with Gasteiger partial charge in [-0.1, -0.05) is 38.1 Å². The highest BCUT2D eigenvalue weighted by Gasteiger charge is 2.22. The van der Waals surface area contributed by atoms with Crippen molar-refractivity contribution in [2.75, 3.05) is 46.5 Å². The summed E-state index contributed by atoms with van der Waals surface area (Å²) in [5, 5.41) is 6.95. The summed E-state index contributed by atoms with van der Waals surface area (Å²) in [4.78, 5) is 7.37. The fraction of sp³-hybridized carbons (Fsp3) is 0.682. The Morgan fingerprint density at radius 1 is 1.17 bits per heavy atom. The standard InChI is InChI=1S/C22H38N4O2.HI/c1-5-23-22(24-15-19-8-6-7-9-20(19)17-27-4)25-16-21(14-18(2)3)26-10-12-28-13-11-26;/h6-9,18,21H,5,10-17H2,1-4H3,(H2,23,24,25);1H. The van der Waals surface area contributed by atoms with Gasteiger partial charge in [0.15, 0.2) is 5.96 Å². The molecule has 0 aromatic heterocycles. The number of guanidine groups is 1. The molecule has 7 heteroatoms. The van der Waals surface area contributed by atoms with Crippen molar-refractivity contribution in [1.29, 1.82) is 0 Å². The van der Waals surface area contributed by atoms with Crippen LogP contribution in [-0.4, -0.2) is 63.4 Å². The first-order chi connectivity index (χ1) is 13.6. The Kier molecular flexibility index (Phi) is 13.5. The Morgan fingerprint density at radius 3 is 2.48 bits per heavy atom. The third kappa shape index (κ3) is 9.63. The molecule has 2 N–H and O–H groups in total. The van der Waals surface area contributed by atoms with Crippen LogP contribution in [0.5, 0.6) is 0 Å². The lowest BCUT2D eigenvalue weighted by Gasteiger charge is -2.35. The Morgan fingerprint density at radius 2 is 1.86 bits per heavy atom. The zero-order chi connectivity index (χ0) is 20.2. The quantitative estimate of drug-likeness (QED) is 0.283. The van der Waals surface area contributed by atoms with E-state index in [1.807, 2.05) is 6.07 Å². The van der Waals surface area contributed by atoms with Gasteiger partial charge in [0.25, 0.3) is 0 Å². The number of rotatable bonds is 10. The monoisotopic (exact) mass is 518 g/mol. The highest BCUT2D eigenvalue weighted by Crippen LogP contribution is 2.13. The third-order valence-electron chi connectivity index (χ3n) is 4.98. The van der Waals surface area contributed by atoms with Crippen molar-refractivity contribution in [3.05, 3.63) is 35.4 Å². The van der Waals surface area contributed by atoms with Gasteiger partial charge in [-0.15, -0.1) is 24.0 Å². The number of morpholine rings is 1. The molecule has 0 aliphatic carbocycles. The van der Waals surface area contributed by atoms with E-state index in [2.05, 4.69) is 54.5 Å². The predicted octanol–water partition coefficient (Wildman–Crippen LogP) is 3.25. The molecule has 166 valence electrons. The summed E-state index contributed by atoms with van der Waals surface area (Å²) in [6.45, 7) is 13.4. The molecule has 0 radical (unpaired) electrons. The molecule has 0 amide bonds. The number of hydrogen-bond acceptors (Lipinski definition) is 4. The lowest BCUT2D eigenvalue weighted by Crippen LogP contribution is -2.51. The molecule has 1 aliphatic rings. The first-order valence-electron chi connectivity index (χ1n) is 10.5. The van der Waals surface area contributed by atoms with Crippen molar-refractivity contribution >= 4 is 29.9 Å². The van der Waals surface area contributed by atoms with Gasteiger partial charge in [0, 0.05) is 39.3 Å². The van der Waals surface area contributed by atoms with E-state index in [9.17, 15) is 0 Å². The molecule has 0 spiro atoms. The first kappa shape index (κ1) is 26.1. The molecule has 1 aromatic rings. The molecule has 0 bridgehead atoms. The molecule has 6 nitrogen and oxygen atoms in total. The van der Waals surface area contributed by atoms with E-state index < -0.39 is 0 Å². The average Bonchev–Trinajstić information content (AvgIpc) is 2.70. The number of halogens is 1. The van der Waals surface area contributed by atoms with Crippen LogP contribution in [0.2, 0.25) is 0 Å². The van der Waals surface area contributed by atoms with Crippen LogP contribution in [0.15, 0.2) is 29.3 Å². The van der Waals surface area contributed by atoms with E-state index in [0.717, 1.165) is 45.4 Å². The minimum absolute atomic E-state index is 0. The Balaban J connectivity index is 0.00000420. The van der Waals surface area contributed by atoms with Crippen molar-refractivity contribution < 1.29 is 9.47 Å². The maximum absolute atomic E-state index is 5.53.